The van der Waals surface area contributed by atoms with E-state index in [1.165, 1.54) is 11.3 Å². The molecule has 3 aromatic rings. The van der Waals surface area contributed by atoms with E-state index in [4.69, 9.17) is 11.6 Å². The van der Waals surface area contributed by atoms with Gasteiger partial charge in [0.05, 0.1) is 12.5 Å². The van der Waals surface area contributed by atoms with E-state index in [-0.39, 0.29) is 11.9 Å². The number of carbonyl (C=O) groups excluding carboxylic acids is 1. The second-order valence-electron chi connectivity index (χ2n) is 6.98. The number of fused-ring (bicyclic) bond motifs is 1. The summed E-state index contributed by atoms with van der Waals surface area (Å²) in [5, 5.41) is 3.79. The molecule has 1 aliphatic heterocycles. The molecule has 1 aliphatic rings. The minimum Gasteiger partial charge on any atom is -0.362 e. The number of hydrogen-bond donors (Lipinski definition) is 1. The third-order valence-electron chi connectivity index (χ3n) is 5.14. The molecule has 1 aromatic heterocycles. The molecule has 0 saturated carbocycles. The summed E-state index contributed by atoms with van der Waals surface area (Å²) in [6, 6.07) is 19.9. The van der Waals surface area contributed by atoms with Crippen LogP contribution >= 0.6 is 11.6 Å². The fourth-order valence-electron chi connectivity index (χ4n) is 3.73. The Morgan fingerprint density at radius 2 is 1.93 bits per heavy atom. The SMILES string of the molecule is O=C(Cc1ccc(Cl)cc1)NC[C@@H](c1cccnc1)N1CCc2ccccc21. The second-order valence-corrected chi connectivity index (χ2v) is 7.42. The van der Waals surface area contributed by atoms with E-state index in [1.54, 1.807) is 6.20 Å². The van der Waals surface area contributed by atoms with Crippen molar-refractivity contribution in [3.05, 3.63) is 94.8 Å². The molecule has 0 radical (unpaired) electrons. The van der Waals surface area contributed by atoms with Crippen LogP contribution in [0.5, 0.6) is 0 Å². The Bertz CT molecular complexity index is 944. The minimum atomic E-state index is 0.00342. The number of benzene rings is 2. The number of carbonyl (C=O) groups is 1. The van der Waals surface area contributed by atoms with Gasteiger partial charge in [-0.25, -0.2) is 0 Å². The van der Waals surface area contributed by atoms with Crippen molar-refractivity contribution in [1.82, 2.24) is 10.3 Å². The molecule has 0 fully saturated rings. The number of para-hydroxylation sites is 1. The summed E-state index contributed by atoms with van der Waals surface area (Å²) < 4.78 is 0. The Morgan fingerprint density at radius 1 is 1.11 bits per heavy atom. The van der Waals surface area contributed by atoms with Crippen LogP contribution in [0.1, 0.15) is 22.7 Å². The van der Waals surface area contributed by atoms with E-state index in [1.807, 2.05) is 36.5 Å². The first-order chi connectivity index (χ1) is 13.7. The molecule has 4 nitrogen and oxygen atoms in total. The predicted octanol–water partition coefficient (Wildman–Crippen LogP) is 4.20. The lowest BCUT2D eigenvalue weighted by Crippen LogP contribution is -2.38. The number of nitrogens with one attached hydrogen (secondary N) is 1. The van der Waals surface area contributed by atoms with Crippen LogP contribution in [0.4, 0.5) is 5.69 Å². The Kier molecular flexibility index (Phi) is 5.58. The van der Waals surface area contributed by atoms with Gasteiger partial charge in [0.2, 0.25) is 5.91 Å². The highest BCUT2D eigenvalue weighted by atomic mass is 35.5. The average Bonchev–Trinajstić information content (AvgIpc) is 3.15. The van der Waals surface area contributed by atoms with Crippen LogP contribution in [0.2, 0.25) is 5.02 Å². The van der Waals surface area contributed by atoms with Crippen LogP contribution < -0.4 is 10.2 Å². The van der Waals surface area contributed by atoms with E-state index < -0.39 is 0 Å². The zero-order chi connectivity index (χ0) is 19.3. The van der Waals surface area contributed by atoms with Crippen molar-refractivity contribution in [1.29, 1.82) is 0 Å². The molecular formula is C23H22ClN3O. The molecule has 4 rings (SSSR count). The molecule has 0 bridgehead atoms. The van der Waals surface area contributed by atoms with Gasteiger partial charge >= 0.3 is 0 Å². The highest BCUT2D eigenvalue weighted by molar-refractivity contribution is 6.30. The lowest BCUT2D eigenvalue weighted by atomic mass is 10.1. The van der Waals surface area contributed by atoms with Gasteiger partial charge in [0.15, 0.2) is 0 Å². The molecule has 0 saturated heterocycles. The van der Waals surface area contributed by atoms with Gasteiger partial charge in [0, 0.05) is 36.2 Å². The zero-order valence-electron chi connectivity index (χ0n) is 15.5. The first kappa shape index (κ1) is 18.5. The second kappa shape index (κ2) is 8.44. The minimum absolute atomic E-state index is 0.00342. The molecule has 0 unspecified atom stereocenters. The van der Waals surface area contributed by atoms with E-state index in [2.05, 4.69) is 45.5 Å². The lowest BCUT2D eigenvalue weighted by molar-refractivity contribution is -0.120. The number of anilines is 1. The fourth-order valence-corrected chi connectivity index (χ4v) is 3.86. The molecule has 5 heteroatoms. The Hall–Kier alpha value is -2.85. The molecule has 142 valence electrons. The summed E-state index contributed by atoms with van der Waals surface area (Å²) in [4.78, 5) is 19.2. The number of pyridine rings is 1. The van der Waals surface area contributed by atoms with E-state index in [0.29, 0.717) is 18.0 Å². The average molecular weight is 392 g/mol. The smallest absolute Gasteiger partial charge is 0.224 e. The van der Waals surface area contributed by atoms with Gasteiger partial charge in [-0.2, -0.15) is 0 Å². The molecule has 1 N–H and O–H groups in total. The van der Waals surface area contributed by atoms with Gasteiger partial charge in [-0.15, -0.1) is 0 Å². The first-order valence-electron chi connectivity index (χ1n) is 9.46. The van der Waals surface area contributed by atoms with E-state index in [0.717, 1.165) is 24.1 Å². The standard InChI is InChI=1S/C23H22ClN3O/c24-20-9-7-17(8-10-20)14-23(28)26-16-22(19-5-3-12-25-15-19)27-13-11-18-4-1-2-6-21(18)27/h1-10,12,15,22H,11,13-14,16H2,(H,26,28)/t22-/m0/s1. The van der Waals surface area contributed by atoms with Crippen molar-refractivity contribution in [3.63, 3.8) is 0 Å². The van der Waals surface area contributed by atoms with Crippen molar-refractivity contribution in [2.24, 2.45) is 0 Å². The lowest BCUT2D eigenvalue weighted by Gasteiger charge is -2.31. The number of hydrogen-bond acceptors (Lipinski definition) is 3. The molecule has 2 heterocycles. The summed E-state index contributed by atoms with van der Waals surface area (Å²) in [6.45, 7) is 1.47. The molecule has 0 aliphatic carbocycles. The summed E-state index contributed by atoms with van der Waals surface area (Å²) in [5.74, 6) is 0.00342. The zero-order valence-corrected chi connectivity index (χ0v) is 16.3. The molecule has 28 heavy (non-hydrogen) atoms. The topological polar surface area (TPSA) is 45.2 Å². The highest BCUT2D eigenvalue weighted by Crippen LogP contribution is 2.34. The van der Waals surface area contributed by atoms with Crippen molar-refractivity contribution in [2.45, 2.75) is 18.9 Å². The van der Waals surface area contributed by atoms with Gasteiger partial charge in [0.25, 0.3) is 0 Å². The normalized spacial score (nSPS) is 13.8. The van der Waals surface area contributed by atoms with Crippen molar-refractivity contribution in [3.8, 4) is 0 Å². The Balaban J connectivity index is 1.49. The highest BCUT2D eigenvalue weighted by Gasteiger charge is 2.27. The number of halogens is 1. The summed E-state index contributed by atoms with van der Waals surface area (Å²) >= 11 is 5.92. The molecule has 0 spiro atoms. The molecular weight excluding hydrogens is 370 g/mol. The maximum Gasteiger partial charge on any atom is 0.224 e. The summed E-state index contributed by atoms with van der Waals surface area (Å²) in [6.07, 6.45) is 5.02. The van der Waals surface area contributed by atoms with Crippen molar-refractivity contribution in [2.75, 3.05) is 18.0 Å². The summed E-state index contributed by atoms with van der Waals surface area (Å²) in [5.41, 5.74) is 4.64. The van der Waals surface area contributed by atoms with Gasteiger partial charge < -0.3 is 10.2 Å². The molecule has 1 amide bonds. The maximum atomic E-state index is 12.5. The van der Waals surface area contributed by atoms with Gasteiger partial charge in [0.1, 0.15) is 0 Å². The van der Waals surface area contributed by atoms with Crippen LogP contribution in [0, 0.1) is 0 Å². The van der Waals surface area contributed by atoms with Crippen molar-refractivity contribution >= 4 is 23.2 Å². The van der Waals surface area contributed by atoms with Gasteiger partial charge in [-0.05, 0) is 47.4 Å². The van der Waals surface area contributed by atoms with Crippen LogP contribution in [0.15, 0.2) is 73.1 Å². The molecule has 2 aromatic carbocycles. The predicted molar refractivity (Wildman–Crippen MR) is 113 cm³/mol. The molecule has 1 atom stereocenters. The maximum absolute atomic E-state index is 12.5. The largest absolute Gasteiger partial charge is 0.362 e. The third-order valence-corrected chi connectivity index (χ3v) is 5.39. The Labute approximate surface area is 170 Å². The fraction of sp³-hybridized carbons (Fsp3) is 0.217. The van der Waals surface area contributed by atoms with Crippen LogP contribution in [-0.4, -0.2) is 24.0 Å². The van der Waals surface area contributed by atoms with E-state index in [9.17, 15) is 4.79 Å². The quantitative estimate of drug-likeness (QED) is 0.685. The third kappa shape index (κ3) is 4.18. The van der Waals surface area contributed by atoms with Crippen LogP contribution in [-0.2, 0) is 17.6 Å². The number of rotatable bonds is 6. The number of aromatic nitrogens is 1. The van der Waals surface area contributed by atoms with Crippen LogP contribution in [0.25, 0.3) is 0 Å². The first-order valence-corrected chi connectivity index (χ1v) is 9.84. The van der Waals surface area contributed by atoms with Gasteiger partial charge in [-0.3, -0.25) is 9.78 Å². The van der Waals surface area contributed by atoms with Crippen LogP contribution in [0.3, 0.4) is 0 Å². The van der Waals surface area contributed by atoms with Gasteiger partial charge in [-0.1, -0.05) is 48.0 Å². The monoisotopic (exact) mass is 391 g/mol. The number of amides is 1. The Morgan fingerprint density at radius 3 is 2.71 bits per heavy atom. The van der Waals surface area contributed by atoms with E-state index >= 15 is 0 Å². The number of nitrogens with zero attached hydrogens (tertiary/aromatic N) is 2. The van der Waals surface area contributed by atoms with Crippen molar-refractivity contribution < 1.29 is 4.79 Å². The summed E-state index contributed by atoms with van der Waals surface area (Å²) in [7, 11) is 0.